The van der Waals surface area contributed by atoms with Gasteiger partial charge in [-0.15, -0.1) is 11.3 Å². The third-order valence-electron chi connectivity index (χ3n) is 3.63. The summed E-state index contributed by atoms with van der Waals surface area (Å²) in [5, 5.41) is 3.35. The zero-order valence-corrected chi connectivity index (χ0v) is 14.5. The summed E-state index contributed by atoms with van der Waals surface area (Å²) in [7, 11) is 1.60. The molecular weight excluding hydrogens is 328 g/mol. The number of nitrogens with zero attached hydrogens (tertiary/aromatic N) is 3. The van der Waals surface area contributed by atoms with Gasteiger partial charge in [0.2, 0.25) is 11.8 Å². The first-order valence-corrected chi connectivity index (χ1v) is 8.49. The molecule has 0 aliphatic carbocycles. The van der Waals surface area contributed by atoms with Gasteiger partial charge >= 0.3 is 0 Å². The highest BCUT2D eigenvalue weighted by Gasteiger charge is 2.27. The van der Waals surface area contributed by atoms with Gasteiger partial charge in [0.1, 0.15) is 0 Å². The molecule has 0 aromatic carbocycles. The molecule has 1 aliphatic rings. The average Bonchev–Trinajstić information content (AvgIpc) is 2.96. The van der Waals surface area contributed by atoms with E-state index in [9.17, 15) is 4.79 Å². The van der Waals surface area contributed by atoms with Gasteiger partial charge in [0.25, 0.3) is 0 Å². The molecule has 8 heteroatoms. The quantitative estimate of drug-likeness (QED) is 0.824. The Balaban J connectivity index is 1.39. The number of pyridine rings is 1. The smallest absolute Gasteiger partial charge is 0.223 e. The van der Waals surface area contributed by atoms with Crippen LogP contribution in [-0.4, -0.2) is 47.1 Å². The number of amides is 1. The summed E-state index contributed by atoms with van der Waals surface area (Å²) in [6.07, 6.45) is 3.78. The van der Waals surface area contributed by atoms with Crippen molar-refractivity contribution in [3.8, 4) is 5.88 Å². The van der Waals surface area contributed by atoms with Gasteiger partial charge in [-0.2, -0.15) is 0 Å². The Labute approximate surface area is 144 Å². The van der Waals surface area contributed by atoms with Gasteiger partial charge in [-0.3, -0.25) is 9.69 Å². The predicted molar refractivity (Wildman–Crippen MR) is 91.1 cm³/mol. The van der Waals surface area contributed by atoms with Gasteiger partial charge in [0.05, 0.1) is 19.8 Å². The van der Waals surface area contributed by atoms with Crippen molar-refractivity contribution in [2.45, 2.75) is 26.2 Å². The molecule has 3 rings (SSSR count). The highest BCUT2D eigenvalue weighted by atomic mass is 32.1. The third kappa shape index (κ3) is 4.50. The minimum absolute atomic E-state index is 0.0962. The Morgan fingerprint density at radius 2 is 2.29 bits per heavy atom. The first-order chi connectivity index (χ1) is 11.6. The second kappa shape index (κ2) is 7.69. The zero-order valence-electron chi connectivity index (χ0n) is 13.7. The molecule has 2 aromatic rings. The van der Waals surface area contributed by atoms with E-state index >= 15 is 0 Å². The van der Waals surface area contributed by atoms with E-state index in [0.29, 0.717) is 17.6 Å². The van der Waals surface area contributed by atoms with Crippen molar-refractivity contribution in [1.82, 2.24) is 14.9 Å². The van der Waals surface area contributed by atoms with Crippen molar-refractivity contribution in [1.29, 1.82) is 0 Å². The Hall–Kier alpha value is -2.03. The van der Waals surface area contributed by atoms with Crippen LogP contribution in [0.4, 0.5) is 5.13 Å². The first kappa shape index (κ1) is 16.8. The summed E-state index contributed by atoms with van der Waals surface area (Å²) in [4.78, 5) is 22.7. The molecule has 24 heavy (non-hydrogen) atoms. The van der Waals surface area contributed by atoms with Crippen LogP contribution in [-0.2, 0) is 22.7 Å². The molecule has 0 radical (unpaired) electrons. The van der Waals surface area contributed by atoms with Gasteiger partial charge < -0.3 is 14.8 Å². The predicted octanol–water partition coefficient (Wildman–Crippen LogP) is 1.91. The number of likely N-dealkylation sites (tertiary alicyclic amines) is 1. The Morgan fingerprint density at radius 1 is 1.46 bits per heavy atom. The lowest BCUT2D eigenvalue weighted by Gasteiger charge is -2.38. The van der Waals surface area contributed by atoms with Crippen LogP contribution < -0.4 is 10.1 Å². The summed E-state index contributed by atoms with van der Waals surface area (Å²) in [6.45, 7) is 4.67. The molecule has 0 unspecified atom stereocenters. The topological polar surface area (TPSA) is 76.6 Å². The van der Waals surface area contributed by atoms with E-state index in [1.165, 1.54) is 18.3 Å². The van der Waals surface area contributed by atoms with Gasteiger partial charge in [-0.05, 0) is 11.6 Å². The number of hydrogen-bond acceptors (Lipinski definition) is 7. The summed E-state index contributed by atoms with van der Waals surface area (Å²) < 4.78 is 11.0. The van der Waals surface area contributed by atoms with E-state index in [1.807, 2.05) is 18.3 Å². The molecule has 2 aromatic heterocycles. The second-order valence-corrected chi connectivity index (χ2v) is 6.76. The van der Waals surface area contributed by atoms with Crippen LogP contribution in [0.25, 0.3) is 0 Å². The fourth-order valence-corrected chi connectivity index (χ4v) is 3.33. The summed E-state index contributed by atoms with van der Waals surface area (Å²) in [5.74, 6) is 0.507. The third-order valence-corrected chi connectivity index (χ3v) is 4.53. The van der Waals surface area contributed by atoms with E-state index in [2.05, 4.69) is 20.2 Å². The number of carbonyl (C=O) groups is 1. The number of nitrogens with one attached hydrogen (secondary N) is 1. The summed E-state index contributed by atoms with van der Waals surface area (Å²) >= 11 is 1.51. The highest BCUT2D eigenvalue weighted by Crippen LogP contribution is 2.23. The SMILES string of the molecule is COc1cc(COC2CN(Cc3cnc(NC(C)=O)s3)C2)ccn1. The molecular formula is C16H20N4O3S. The van der Waals surface area contributed by atoms with Crippen LogP contribution in [0.5, 0.6) is 5.88 Å². The number of thiazole rings is 1. The van der Waals surface area contributed by atoms with Crippen molar-refractivity contribution >= 4 is 22.4 Å². The lowest BCUT2D eigenvalue weighted by Crippen LogP contribution is -2.51. The van der Waals surface area contributed by atoms with Crippen molar-refractivity contribution < 1.29 is 14.3 Å². The van der Waals surface area contributed by atoms with Crippen LogP contribution in [0.1, 0.15) is 17.4 Å². The van der Waals surface area contributed by atoms with Crippen LogP contribution >= 0.6 is 11.3 Å². The lowest BCUT2D eigenvalue weighted by molar-refractivity contribution is -0.114. The average molecular weight is 348 g/mol. The first-order valence-electron chi connectivity index (χ1n) is 7.67. The van der Waals surface area contributed by atoms with E-state index in [-0.39, 0.29) is 12.0 Å². The van der Waals surface area contributed by atoms with E-state index in [0.717, 1.165) is 30.1 Å². The van der Waals surface area contributed by atoms with Crippen molar-refractivity contribution in [2.24, 2.45) is 0 Å². The maximum Gasteiger partial charge on any atom is 0.223 e. The van der Waals surface area contributed by atoms with Gasteiger partial charge in [-0.25, -0.2) is 9.97 Å². The molecule has 1 amide bonds. The molecule has 1 aliphatic heterocycles. The Bertz CT molecular complexity index is 700. The molecule has 1 saturated heterocycles. The number of hydrogen-bond donors (Lipinski definition) is 1. The summed E-state index contributed by atoms with van der Waals surface area (Å²) in [5.41, 5.74) is 1.06. The molecule has 0 bridgehead atoms. The van der Waals surface area contributed by atoms with Crippen molar-refractivity contribution in [3.05, 3.63) is 35.0 Å². The highest BCUT2D eigenvalue weighted by molar-refractivity contribution is 7.15. The second-order valence-electron chi connectivity index (χ2n) is 5.65. The number of rotatable bonds is 7. The molecule has 0 spiro atoms. The Morgan fingerprint density at radius 3 is 3.04 bits per heavy atom. The van der Waals surface area contributed by atoms with Crippen molar-refractivity contribution in [2.75, 3.05) is 25.5 Å². The van der Waals surface area contributed by atoms with Crippen LogP contribution in [0.15, 0.2) is 24.5 Å². The van der Waals surface area contributed by atoms with Gasteiger partial charge in [0.15, 0.2) is 5.13 Å². The lowest BCUT2D eigenvalue weighted by atomic mass is 10.1. The Kier molecular flexibility index (Phi) is 5.39. The minimum Gasteiger partial charge on any atom is -0.481 e. The molecule has 7 nitrogen and oxygen atoms in total. The number of methoxy groups -OCH3 is 1. The minimum atomic E-state index is -0.0962. The maximum atomic E-state index is 11.0. The molecule has 1 N–H and O–H groups in total. The number of ether oxygens (including phenoxy) is 2. The van der Waals surface area contributed by atoms with Crippen LogP contribution in [0.2, 0.25) is 0 Å². The van der Waals surface area contributed by atoms with Gasteiger partial charge in [-0.1, -0.05) is 0 Å². The molecule has 3 heterocycles. The maximum absolute atomic E-state index is 11.0. The summed E-state index contributed by atoms with van der Waals surface area (Å²) in [6, 6.07) is 3.82. The number of aromatic nitrogens is 2. The number of carbonyl (C=O) groups excluding carboxylic acids is 1. The van der Waals surface area contributed by atoms with Gasteiger partial charge in [0, 0.05) is 49.9 Å². The standard InChI is InChI=1S/C16H20N4O3S/c1-11(21)19-16-18-6-14(24-16)9-20-7-13(8-20)23-10-12-3-4-17-15(5-12)22-2/h3-6,13H,7-10H2,1-2H3,(H,18,19,21). The zero-order chi connectivity index (χ0) is 16.9. The largest absolute Gasteiger partial charge is 0.481 e. The van der Waals surface area contributed by atoms with Crippen LogP contribution in [0.3, 0.4) is 0 Å². The number of anilines is 1. The molecule has 0 atom stereocenters. The monoisotopic (exact) mass is 348 g/mol. The molecule has 128 valence electrons. The fourth-order valence-electron chi connectivity index (χ4n) is 2.43. The molecule has 0 saturated carbocycles. The van der Waals surface area contributed by atoms with Crippen molar-refractivity contribution in [3.63, 3.8) is 0 Å². The fraction of sp³-hybridized carbons (Fsp3) is 0.438. The van der Waals surface area contributed by atoms with E-state index in [4.69, 9.17) is 9.47 Å². The van der Waals surface area contributed by atoms with Crippen LogP contribution in [0, 0.1) is 0 Å². The van der Waals surface area contributed by atoms with E-state index < -0.39 is 0 Å². The van der Waals surface area contributed by atoms with E-state index in [1.54, 1.807) is 13.3 Å². The molecule has 1 fully saturated rings. The normalized spacial score (nSPS) is 15.1.